The van der Waals surface area contributed by atoms with E-state index >= 15 is 0 Å². The largest absolute Gasteiger partial charge is 0.274 e. The molecule has 1 fully saturated rings. The first-order valence-corrected chi connectivity index (χ1v) is 8.34. The molecule has 0 spiro atoms. The van der Waals surface area contributed by atoms with E-state index in [9.17, 15) is 9.59 Å². The Balaban J connectivity index is 1.65. The zero-order chi connectivity index (χ0) is 16.7. The molecule has 0 N–H and O–H groups in total. The number of aryl methyl sites for hydroxylation is 1. The van der Waals surface area contributed by atoms with E-state index in [2.05, 4.69) is 25.1 Å². The van der Waals surface area contributed by atoms with Crippen LogP contribution in [-0.2, 0) is 9.59 Å². The first-order valence-electron chi connectivity index (χ1n) is 8.34. The summed E-state index contributed by atoms with van der Waals surface area (Å²) in [6.45, 7) is 2.08. The standard InChI is InChI=1S/C21H19NO2/c1-14-7-5-6-10-17(14)15-11-12-18-19(13-15)21(24)22(20(18)23)16-8-3-2-4-9-16/h2-11,18-19H,12-13H2,1H3. The summed E-state index contributed by atoms with van der Waals surface area (Å²) in [5, 5.41) is 0. The number of hydrogen-bond acceptors (Lipinski definition) is 2. The maximum atomic E-state index is 12.9. The number of benzene rings is 2. The van der Waals surface area contributed by atoms with Crippen molar-refractivity contribution in [3.63, 3.8) is 0 Å². The molecule has 0 saturated carbocycles. The Morgan fingerprint density at radius 2 is 1.54 bits per heavy atom. The van der Waals surface area contributed by atoms with Crippen LogP contribution in [0.15, 0.2) is 60.7 Å². The second-order valence-electron chi connectivity index (χ2n) is 6.54. The molecular formula is C21H19NO2. The lowest BCUT2D eigenvalue weighted by atomic mass is 9.78. The number of nitrogens with zero attached hydrogens (tertiary/aromatic N) is 1. The number of imide groups is 1. The van der Waals surface area contributed by atoms with Crippen LogP contribution in [-0.4, -0.2) is 11.8 Å². The monoisotopic (exact) mass is 317 g/mol. The van der Waals surface area contributed by atoms with Crippen molar-refractivity contribution in [2.75, 3.05) is 4.90 Å². The predicted octanol–water partition coefficient (Wildman–Crippen LogP) is 3.98. The number of fused-ring (bicyclic) bond motifs is 1. The summed E-state index contributed by atoms with van der Waals surface area (Å²) in [5.41, 5.74) is 4.26. The van der Waals surface area contributed by atoms with Crippen LogP contribution in [0.2, 0.25) is 0 Å². The van der Waals surface area contributed by atoms with Gasteiger partial charge in [-0.05, 0) is 48.6 Å². The zero-order valence-electron chi connectivity index (χ0n) is 13.6. The van der Waals surface area contributed by atoms with Crippen LogP contribution in [0, 0.1) is 18.8 Å². The number of rotatable bonds is 2. The molecule has 3 nitrogen and oxygen atoms in total. The van der Waals surface area contributed by atoms with Crippen molar-refractivity contribution in [1.82, 2.24) is 0 Å². The molecule has 2 amide bonds. The van der Waals surface area contributed by atoms with Crippen molar-refractivity contribution >= 4 is 23.1 Å². The number of hydrogen-bond donors (Lipinski definition) is 0. The number of amides is 2. The predicted molar refractivity (Wildman–Crippen MR) is 94.3 cm³/mol. The minimum Gasteiger partial charge on any atom is -0.274 e. The van der Waals surface area contributed by atoms with Gasteiger partial charge in [0.25, 0.3) is 0 Å². The Morgan fingerprint density at radius 3 is 2.29 bits per heavy atom. The van der Waals surface area contributed by atoms with Gasteiger partial charge in [-0.3, -0.25) is 14.5 Å². The molecule has 24 heavy (non-hydrogen) atoms. The van der Waals surface area contributed by atoms with Gasteiger partial charge in [0.05, 0.1) is 17.5 Å². The summed E-state index contributed by atoms with van der Waals surface area (Å²) in [6, 6.07) is 17.5. The normalized spacial score (nSPS) is 23.2. The minimum absolute atomic E-state index is 0.0590. The van der Waals surface area contributed by atoms with E-state index in [-0.39, 0.29) is 23.7 Å². The van der Waals surface area contributed by atoms with Gasteiger partial charge in [0.15, 0.2) is 0 Å². The highest BCUT2D eigenvalue weighted by atomic mass is 16.2. The third-order valence-electron chi connectivity index (χ3n) is 5.12. The van der Waals surface area contributed by atoms with Gasteiger partial charge in [0, 0.05) is 0 Å². The van der Waals surface area contributed by atoms with Crippen LogP contribution >= 0.6 is 0 Å². The summed E-state index contributed by atoms with van der Waals surface area (Å²) >= 11 is 0. The van der Waals surface area contributed by atoms with Crippen molar-refractivity contribution in [2.45, 2.75) is 19.8 Å². The average Bonchev–Trinajstić information content (AvgIpc) is 2.86. The molecule has 0 bridgehead atoms. The van der Waals surface area contributed by atoms with Crippen LogP contribution in [0.1, 0.15) is 24.0 Å². The van der Waals surface area contributed by atoms with Gasteiger partial charge in [-0.1, -0.05) is 48.5 Å². The number of para-hydroxylation sites is 1. The van der Waals surface area contributed by atoms with Gasteiger partial charge in [-0.2, -0.15) is 0 Å². The van der Waals surface area contributed by atoms with Crippen LogP contribution in [0.5, 0.6) is 0 Å². The third kappa shape index (κ3) is 2.28. The van der Waals surface area contributed by atoms with Crippen LogP contribution < -0.4 is 4.90 Å². The highest BCUT2D eigenvalue weighted by Crippen LogP contribution is 2.42. The minimum atomic E-state index is -0.239. The summed E-state index contributed by atoms with van der Waals surface area (Å²) in [7, 11) is 0. The smallest absolute Gasteiger partial charge is 0.238 e. The van der Waals surface area contributed by atoms with Crippen LogP contribution in [0.4, 0.5) is 5.69 Å². The molecule has 2 aromatic carbocycles. The maximum Gasteiger partial charge on any atom is 0.238 e. The molecule has 1 saturated heterocycles. The van der Waals surface area contributed by atoms with Gasteiger partial charge in [0.1, 0.15) is 0 Å². The second-order valence-corrected chi connectivity index (χ2v) is 6.54. The molecule has 120 valence electrons. The fraction of sp³-hybridized carbons (Fsp3) is 0.238. The highest BCUT2D eigenvalue weighted by Gasteiger charge is 2.49. The maximum absolute atomic E-state index is 12.9. The summed E-state index contributed by atoms with van der Waals surface area (Å²) in [5.74, 6) is -0.575. The Hall–Kier alpha value is -2.68. The Kier molecular flexibility index (Phi) is 3.57. The highest BCUT2D eigenvalue weighted by molar-refractivity contribution is 6.22. The van der Waals surface area contributed by atoms with E-state index in [0.717, 1.165) is 0 Å². The Labute approximate surface area is 141 Å². The summed E-state index contributed by atoms with van der Waals surface area (Å²) in [6.07, 6.45) is 3.43. The molecule has 0 radical (unpaired) electrons. The van der Waals surface area contributed by atoms with Crippen LogP contribution in [0.25, 0.3) is 5.57 Å². The van der Waals surface area contributed by atoms with Gasteiger partial charge >= 0.3 is 0 Å². The third-order valence-corrected chi connectivity index (χ3v) is 5.12. The quantitative estimate of drug-likeness (QED) is 0.786. The van der Waals surface area contributed by atoms with E-state index in [1.165, 1.54) is 21.6 Å². The number of carbonyl (C=O) groups excluding carboxylic acids is 2. The van der Waals surface area contributed by atoms with E-state index in [4.69, 9.17) is 0 Å². The van der Waals surface area contributed by atoms with Crippen molar-refractivity contribution in [3.05, 3.63) is 71.8 Å². The van der Waals surface area contributed by atoms with Crippen molar-refractivity contribution in [1.29, 1.82) is 0 Å². The van der Waals surface area contributed by atoms with Gasteiger partial charge in [-0.15, -0.1) is 0 Å². The first-order chi connectivity index (χ1) is 11.7. The molecule has 4 rings (SSSR count). The topological polar surface area (TPSA) is 37.4 Å². The molecule has 0 aromatic heterocycles. The molecule has 1 aliphatic carbocycles. The average molecular weight is 317 g/mol. The van der Waals surface area contributed by atoms with Crippen molar-refractivity contribution in [3.8, 4) is 0 Å². The van der Waals surface area contributed by atoms with Crippen molar-refractivity contribution < 1.29 is 9.59 Å². The molecular weight excluding hydrogens is 298 g/mol. The lowest BCUT2D eigenvalue weighted by molar-refractivity contribution is -0.122. The SMILES string of the molecule is Cc1ccccc1C1=CCC2C(=O)N(c3ccccc3)C(=O)C2C1. The van der Waals surface area contributed by atoms with Gasteiger partial charge < -0.3 is 0 Å². The molecule has 2 aromatic rings. The van der Waals surface area contributed by atoms with Gasteiger partial charge in [0.2, 0.25) is 11.8 Å². The Morgan fingerprint density at radius 1 is 0.875 bits per heavy atom. The van der Waals surface area contributed by atoms with Crippen molar-refractivity contribution in [2.24, 2.45) is 11.8 Å². The lowest BCUT2D eigenvalue weighted by Gasteiger charge is -2.22. The fourth-order valence-corrected chi connectivity index (χ4v) is 3.85. The van der Waals surface area contributed by atoms with E-state index in [1.807, 2.05) is 42.5 Å². The number of carbonyl (C=O) groups is 2. The number of anilines is 1. The summed E-state index contributed by atoms with van der Waals surface area (Å²) < 4.78 is 0. The van der Waals surface area contributed by atoms with Gasteiger partial charge in [-0.25, -0.2) is 0 Å². The Bertz CT molecular complexity index is 838. The van der Waals surface area contributed by atoms with E-state index < -0.39 is 0 Å². The van der Waals surface area contributed by atoms with Crippen LogP contribution in [0.3, 0.4) is 0 Å². The second kappa shape index (κ2) is 5.75. The molecule has 2 atom stereocenters. The molecule has 2 aliphatic rings. The molecule has 2 unspecified atom stereocenters. The lowest BCUT2D eigenvalue weighted by Crippen LogP contribution is -2.30. The molecule has 1 aliphatic heterocycles. The molecule has 1 heterocycles. The fourth-order valence-electron chi connectivity index (χ4n) is 3.85. The number of allylic oxidation sites excluding steroid dienone is 2. The molecule has 3 heteroatoms. The first kappa shape index (κ1) is 14.9. The van der Waals surface area contributed by atoms with E-state index in [1.54, 1.807) is 0 Å². The zero-order valence-corrected chi connectivity index (χ0v) is 13.6. The van der Waals surface area contributed by atoms with E-state index in [0.29, 0.717) is 18.5 Å². The summed E-state index contributed by atoms with van der Waals surface area (Å²) in [4.78, 5) is 27.0.